The fourth-order valence-corrected chi connectivity index (χ4v) is 1.67. The fraction of sp³-hybridized carbons (Fsp3) is 0.333. The number of rotatable bonds is 3. The lowest BCUT2D eigenvalue weighted by molar-refractivity contribution is 0.356. The lowest BCUT2D eigenvalue weighted by Crippen LogP contribution is -2.01. The van der Waals surface area contributed by atoms with Crippen molar-refractivity contribution in [1.29, 1.82) is 0 Å². The van der Waals surface area contributed by atoms with Crippen LogP contribution in [0.25, 0.3) is 0 Å². The van der Waals surface area contributed by atoms with Crippen molar-refractivity contribution < 1.29 is 17.9 Å². The number of aromatic nitrogens is 2. The highest BCUT2D eigenvalue weighted by Gasteiger charge is 2.19. The molecule has 0 aliphatic heterocycles. The van der Waals surface area contributed by atoms with Gasteiger partial charge in [-0.15, -0.1) is 10.2 Å². The van der Waals surface area contributed by atoms with Crippen LogP contribution in [0.2, 0.25) is 0 Å². The second-order valence-electron chi connectivity index (χ2n) is 2.20. The molecule has 78 valence electrons. The summed E-state index contributed by atoms with van der Waals surface area (Å²) in [5.74, 6) is -0.120. The summed E-state index contributed by atoms with van der Waals surface area (Å²) < 4.78 is 31.5. The molecule has 0 bridgehead atoms. The summed E-state index contributed by atoms with van der Waals surface area (Å²) in [7, 11) is 3.83. The molecule has 0 spiro atoms. The van der Waals surface area contributed by atoms with E-state index in [1.54, 1.807) is 0 Å². The quantitative estimate of drug-likeness (QED) is 0.711. The van der Waals surface area contributed by atoms with E-state index in [0.29, 0.717) is 0 Å². The number of hydrogen-bond acceptors (Lipinski definition) is 6. The predicted molar refractivity (Wildman–Crippen MR) is 48.2 cm³/mol. The molecule has 0 aromatic carbocycles. The van der Waals surface area contributed by atoms with Crippen molar-refractivity contribution in [3.8, 4) is 11.8 Å². The van der Waals surface area contributed by atoms with Crippen LogP contribution in [0.1, 0.15) is 0 Å². The highest BCUT2D eigenvalue weighted by molar-refractivity contribution is 8.13. The van der Waals surface area contributed by atoms with E-state index in [1.807, 2.05) is 0 Å². The summed E-state index contributed by atoms with van der Waals surface area (Å²) in [4.78, 5) is -0.270. The van der Waals surface area contributed by atoms with Crippen LogP contribution >= 0.6 is 10.7 Å². The van der Waals surface area contributed by atoms with E-state index in [1.165, 1.54) is 14.2 Å². The summed E-state index contributed by atoms with van der Waals surface area (Å²) in [6.07, 6.45) is 0. The average molecular weight is 239 g/mol. The second-order valence-corrected chi connectivity index (χ2v) is 4.73. The van der Waals surface area contributed by atoms with Crippen molar-refractivity contribution in [3.05, 3.63) is 6.07 Å². The van der Waals surface area contributed by atoms with Crippen molar-refractivity contribution in [1.82, 2.24) is 10.2 Å². The molecule has 0 radical (unpaired) electrons. The van der Waals surface area contributed by atoms with Gasteiger partial charge in [0.15, 0.2) is 4.90 Å². The Balaban J connectivity index is 3.37. The summed E-state index contributed by atoms with van der Waals surface area (Å²) in [5, 5.41) is 7.00. The number of nitrogens with zero attached hydrogens (tertiary/aromatic N) is 2. The Morgan fingerprint density at radius 2 is 1.93 bits per heavy atom. The zero-order valence-electron chi connectivity index (χ0n) is 7.39. The van der Waals surface area contributed by atoms with E-state index in [-0.39, 0.29) is 16.7 Å². The minimum Gasteiger partial charge on any atom is -0.480 e. The Bertz CT molecular complexity index is 433. The standard InChI is InChI=1S/C6H7ClN2O4S/c1-12-5-3-4(14(7,10)11)6(13-2)9-8-5/h3H,1-2H3. The third-order valence-electron chi connectivity index (χ3n) is 1.37. The van der Waals surface area contributed by atoms with Crippen LogP contribution in [0.5, 0.6) is 11.8 Å². The Morgan fingerprint density at radius 1 is 1.29 bits per heavy atom. The van der Waals surface area contributed by atoms with Crippen LogP contribution in [0, 0.1) is 0 Å². The van der Waals surface area contributed by atoms with E-state index in [9.17, 15) is 8.42 Å². The summed E-state index contributed by atoms with van der Waals surface area (Å²) >= 11 is 0. The number of hydrogen-bond donors (Lipinski definition) is 0. The zero-order valence-corrected chi connectivity index (χ0v) is 8.96. The molecule has 0 unspecified atom stereocenters. The molecule has 8 heteroatoms. The maximum atomic E-state index is 11.0. The molecule has 6 nitrogen and oxygen atoms in total. The minimum atomic E-state index is -3.91. The van der Waals surface area contributed by atoms with Gasteiger partial charge in [-0.3, -0.25) is 0 Å². The first-order chi connectivity index (χ1) is 6.49. The van der Waals surface area contributed by atoms with Crippen LogP contribution in [-0.2, 0) is 9.05 Å². The van der Waals surface area contributed by atoms with Gasteiger partial charge in [0.25, 0.3) is 14.9 Å². The lowest BCUT2D eigenvalue weighted by Gasteiger charge is -2.04. The third kappa shape index (κ3) is 2.24. The van der Waals surface area contributed by atoms with Crippen LogP contribution in [-0.4, -0.2) is 32.8 Å². The molecule has 0 atom stereocenters. The molecule has 1 aromatic rings. The predicted octanol–water partition coefficient (Wildman–Crippen LogP) is 0.421. The lowest BCUT2D eigenvalue weighted by atomic mass is 10.5. The van der Waals surface area contributed by atoms with E-state index >= 15 is 0 Å². The Hall–Kier alpha value is -1.08. The fourth-order valence-electron chi connectivity index (χ4n) is 0.763. The highest BCUT2D eigenvalue weighted by atomic mass is 35.7. The van der Waals surface area contributed by atoms with E-state index in [4.69, 9.17) is 15.4 Å². The molecular formula is C6H7ClN2O4S. The molecule has 0 fully saturated rings. The molecule has 0 aliphatic rings. The van der Waals surface area contributed by atoms with Gasteiger partial charge in [0.05, 0.1) is 14.2 Å². The van der Waals surface area contributed by atoms with Gasteiger partial charge < -0.3 is 9.47 Å². The van der Waals surface area contributed by atoms with Crippen molar-refractivity contribution in [2.24, 2.45) is 0 Å². The van der Waals surface area contributed by atoms with Crippen molar-refractivity contribution in [3.63, 3.8) is 0 Å². The SMILES string of the molecule is COc1cc(S(=O)(=O)Cl)c(OC)nn1. The third-order valence-corrected chi connectivity index (χ3v) is 2.69. The monoisotopic (exact) mass is 238 g/mol. The Kier molecular flexibility index (Phi) is 3.12. The topological polar surface area (TPSA) is 78.4 Å². The van der Waals surface area contributed by atoms with Crippen LogP contribution in [0.3, 0.4) is 0 Å². The highest BCUT2D eigenvalue weighted by Crippen LogP contribution is 2.26. The molecule has 0 saturated carbocycles. The molecular weight excluding hydrogens is 232 g/mol. The Morgan fingerprint density at radius 3 is 2.36 bits per heavy atom. The minimum absolute atomic E-state index is 0.0463. The molecule has 1 heterocycles. The zero-order chi connectivity index (χ0) is 10.8. The van der Waals surface area contributed by atoms with Crippen molar-refractivity contribution >= 4 is 19.7 Å². The first-order valence-electron chi connectivity index (χ1n) is 3.39. The normalized spacial score (nSPS) is 11.1. The van der Waals surface area contributed by atoms with Gasteiger partial charge in [0.2, 0.25) is 5.88 Å². The van der Waals surface area contributed by atoms with Gasteiger partial charge in [0, 0.05) is 16.7 Å². The first-order valence-corrected chi connectivity index (χ1v) is 5.70. The summed E-state index contributed by atoms with van der Waals surface area (Å²) in [5.41, 5.74) is 0. The van der Waals surface area contributed by atoms with E-state index in [2.05, 4.69) is 14.9 Å². The Labute approximate surface area is 85.2 Å². The molecule has 1 aromatic heterocycles. The van der Waals surface area contributed by atoms with Crippen molar-refractivity contribution in [2.75, 3.05) is 14.2 Å². The van der Waals surface area contributed by atoms with Gasteiger partial charge in [-0.2, -0.15) is 0 Å². The molecule has 0 aliphatic carbocycles. The van der Waals surface area contributed by atoms with Gasteiger partial charge in [-0.1, -0.05) is 0 Å². The summed E-state index contributed by atoms with van der Waals surface area (Å²) in [6.45, 7) is 0. The van der Waals surface area contributed by atoms with Crippen molar-refractivity contribution in [2.45, 2.75) is 4.90 Å². The van der Waals surface area contributed by atoms with Crippen LogP contribution in [0.4, 0.5) is 0 Å². The largest absolute Gasteiger partial charge is 0.480 e. The molecule has 0 saturated heterocycles. The molecule has 0 N–H and O–H groups in total. The van der Waals surface area contributed by atoms with E-state index in [0.717, 1.165) is 6.07 Å². The van der Waals surface area contributed by atoms with Crippen LogP contribution in [0.15, 0.2) is 11.0 Å². The number of ether oxygens (including phenoxy) is 2. The molecule has 1 rings (SSSR count). The number of methoxy groups -OCH3 is 2. The molecule has 14 heavy (non-hydrogen) atoms. The maximum Gasteiger partial charge on any atom is 0.266 e. The van der Waals surface area contributed by atoms with Gasteiger partial charge in [-0.05, 0) is 0 Å². The van der Waals surface area contributed by atoms with E-state index < -0.39 is 9.05 Å². The van der Waals surface area contributed by atoms with Gasteiger partial charge >= 0.3 is 0 Å². The second kappa shape index (κ2) is 3.97. The number of halogens is 1. The first kappa shape index (κ1) is 11.0. The van der Waals surface area contributed by atoms with Gasteiger partial charge in [-0.25, -0.2) is 8.42 Å². The molecule has 0 amide bonds. The average Bonchev–Trinajstić information content (AvgIpc) is 2.15. The smallest absolute Gasteiger partial charge is 0.266 e. The summed E-state index contributed by atoms with van der Waals surface area (Å²) in [6, 6.07) is 1.13. The van der Waals surface area contributed by atoms with Crippen LogP contribution < -0.4 is 9.47 Å². The maximum absolute atomic E-state index is 11.0. The van der Waals surface area contributed by atoms with Gasteiger partial charge in [0.1, 0.15) is 0 Å².